The van der Waals surface area contributed by atoms with Gasteiger partial charge >= 0.3 is 0 Å². The summed E-state index contributed by atoms with van der Waals surface area (Å²) in [6, 6.07) is 0.869. The van der Waals surface area contributed by atoms with E-state index in [1.54, 1.807) is 0 Å². The van der Waals surface area contributed by atoms with Crippen molar-refractivity contribution in [3.63, 3.8) is 0 Å². The number of nitrogens with zero attached hydrogens (tertiary/aromatic N) is 1. The van der Waals surface area contributed by atoms with Crippen LogP contribution in [0.1, 0.15) is 39.5 Å². The zero-order chi connectivity index (χ0) is 12.0. The van der Waals surface area contributed by atoms with Crippen LogP contribution in [-0.2, 0) is 0 Å². The molecular formula is C12H24I2N2. The van der Waals surface area contributed by atoms with Crippen LogP contribution in [0.5, 0.6) is 0 Å². The molecule has 0 radical (unpaired) electrons. The zero-order valence-electron chi connectivity index (χ0n) is 10.4. The quantitative estimate of drug-likeness (QED) is 0.346. The molecule has 0 aliphatic heterocycles. The molecule has 1 fully saturated rings. The van der Waals surface area contributed by atoms with Crippen LogP contribution in [0.25, 0.3) is 0 Å². The Labute approximate surface area is 128 Å². The van der Waals surface area contributed by atoms with Gasteiger partial charge in [-0.05, 0) is 37.6 Å². The Kier molecular flexibility index (Phi) is 7.46. The molecule has 1 rings (SSSR count). The van der Waals surface area contributed by atoms with Crippen LogP contribution in [0.3, 0.4) is 0 Å². The van der Waals surface area contributed by atoms with E-state index >= 15 is 0 Å². The molecule has 4 heteroatoms. The minimum absolute atomic E-state index is 0.611. The van der Waals surface area contributed by atoms with Gasteiger partial charge in [0.1, 0.15) is 0 Å². The first-order chi connectivity index (χ1) is 7.65. The summed E-state index contributed by atoms with van der Waals surface area (Å²) in [5, 5.41) is 0. The lowest BCUT2D eigenvalue weighted by Crippen LogP contribution is -2.51. The molecule has 0 amide bonds. The van der Waals surface area contributed by atoms with Gasteiger partial charge in [-0.3, -0.25) is 8.43 Å². The summed E-state index contributed by atoms with van der Waals surface area (Å²) in [6.45, 7) is 8.46. The van der Waals surface area contributed by atoms with Gasteiger partial charge in [0.2, 0.25) is 0 Å². The molecule has 0 atom stereocenters. The lowest BCUT2D eigenvalue weighted by molar-refractivity contribution is 0.0122. The standard InChI is InChI=1S/C12H24I2N2/c1-3-7-16(8-5-13)11-9-12(2,10-11)4-6-15-14/h11,15H,3-10H2,1-2H3. The normalized spacial score (nSPS) is 29.4. The minimum Gasteiger partial charge on any atom is -0.300 e. The van der Waals surface area contributed by atoms with Crippen LogP contribution in [0.4, 0.5) is 0 Å². The smallest absolute Gasteiger partial charge is 0.0169 e. The monoisotopic (exact) mass is 450 g/mol. The maximum Gasteiger partial charge on any atom is 0.0169 e. The highest BCUT2D eigenvalue weighted by Gasteiger charge is 2.41. The fourth-order valence-electron chi connectivity index (χ4n) is 2.76. The number of hydrogen-bond acceptors (Lipinski definition) is 2. The fourth-order valence-corrected chi connectivity index (χ4v) is 3.65. The third-order valence-corrected chi connectivity index (χ3v) is 4.70. The van der Waals surface area contributed by atoms with Gasteiger partial charge in [0.05, 0.1) is 0 Å². The van der Waals surface area contributed by atoms with E-state index in [-0.39, 0.29) is 0 Å². The van der Waals surface area contributed by atoms with Gasteiger partial charge < -0.3 is 0 Å². The average Bonchev–Trinajstić information content (AvgIpc) is 2.22. The first-order valence-electron chi connectivity index (χ1n) is 6.28. The summed E-state index contributed by atoms with van der Waals surface area (Å²) >= 11 is 4.75. The van der Waals surface area contributed by atoms with E-state index in [0.717, 1.165) is 12.6 Å². The number of rotatable bonds is 8. The second-order valence-corrected chi connectivity index (χ2v) is 7.07. The van der Waals surface area contributed by atoms with E-state index in [0.29, 0.717) is 5.41 Å². The summed E-state index contributed by atoms with van der Waals surface area (Å²) in [6.07, 6.45) is 5.43. The Morgan fingerprint density at radius 3 is 2.56 bits per heavy atom. The molecule has 0 aromatic rings. The van der Waals surface area contributed by atoms with Gasteiger partial charge in [0, 0.05) is 46.4 Å². The van der Waals surface area contributed by atoms with E-state index in [2.05, 4.69) is 67.7 Å². The highest BCUT2D eigenvalue weighted by Crippen LogP contribution is 2.45. The maximum atomic E-state index is 3.24. The Hall–Kier alpha value is 1.38. The third kappa shape index (κ3) is 4.57. The summed E-state index contributed by atoms with van der Waals surface area (Å²) < 4.78 is 4.51. The van der Waals surface area contributed by atoms with Crippen molar-refractivity contribution in [3.05, 3.63) is 0 Å². The molecule has 96 valence electrons. The molecule has 2 nitrogen and oxygen atoms in total. The molecule has 0 saturated heterocycles. The van der Waals surface area contributed by atoms with E-state index in [4.69, 9.17) is 0 Å². The van der Waals surface area contributed by atoms with Crippen LogP contribution in [-0.4, -0.2) is 35.0 Å². The Balaban J connectivity index is 2.30. The third-order valence-electron chi connectivity index (χ3n) is 3.68. The number of nitrogens with one attached hydrogen (secondary N) is 1. The summed E-state index contributed by atoms with van der Waals surface area (Å²) in [5.74, 6) is 0. The SMILES string of the molecule is CCCN(CCI)C1CC(C)(CCNI)C1. The Bertz CT molecular complexity index is 187. The van der Waals surface area contributed by atoms with Crippen molar-refractivity contribution in [2.45, 2.75) is 45.6 Å². The van der Waals surface area contributed by atoms with E-state index < -0.39 is 0 Å². The van der Waals surface area contributed by atoms with Crippen LogP contribution in [0.15, 0.2) is 0 Å². The average molecular weight is 450 g/mol. The van der Waals surface area contributed by atoms with Gasteiger partial charge in [-0.25, -0.2) is 0 Å². The second-order valence-electron chi connectivity index (χ2n) is 5.23. The van der Waals surface area contributed by atoms with Crippen molar-refractivity contribution in [2.24, 2.45) is 5.41 Å². The molecular weight excluding hydrogens is 426 g/mol. The van der Waals surface area contributed by atoms with Crippen molar-refractivity contribution in [2.75, 3.05) is 24.1 Å². The summed E-state index contributed by atoms with van der Waals surface area (Å²) in [4.78, 5) is 2.70. The van der Waals surface area contributed by atoms with Gasteiger partial charge in [0.25, 0.3) is 0 Å². The predicted molar refractivity (Wildman–Crippen MR) is 88.5 cm³/mol. The number of alkyl halides is 1. The van der Waals surface area contributed by atoms with Gasteiger partial charge in [-0.2, -0.15) is 0 Å². The van der Waals surface area contributed by atoms with Crippen molar-refractivity contribution in [3.8, 4) is 0 Å². The second kappa shape index (κ2) is 7.74. The molecule has 1 saturated carbocycles. The maximum absolute atomic E-state index is 3.24. The first-order valence-corrected chi connectivity index (χ1v) is 8.89. The molecule has 1 aliphatic rings. The molecule has 0 unspecified atom stereocenters. The van der Waals surface area contributed by atoms with Gasteiger partial charge in [0.15, 0.2) is 0 Å². The molecule has 0 spiro atoms. The zero-order valence-corrected chi connectivity index (χ0v) is 14.8. The van der Waals surface area contributed by atoms with E-state index in [1.165, 1.54) is 43.2 Å². The minimum atomic E-state index is 0.611. The van der Waals surface area contributed by atoms with Crippen molar-refractivity contribution in [1.29, 1.82) is 0 Å². The van der Waals surface area contributed by atoms with Crippen LogP contribution in [0, 0.1) is 5.41 Å². The molecule has 1 N–H and O–H groups in total. The lowest BCUT2D eigenvalue weighted by atomic mass is 9.64. The molecule has 1 aliphatic carbocycles. The summed E-state index contributed by atoms with van der Waals surface area (Å²) in [7, 11) is 0. The Morgan fingerprint density at radius 2 is 2.06 bits per heavy atom. The molecule has 16 heavy (non-hydrogen) atoms. The van der Waals surface area contributed by atoms with Crippen molar-refractivity contribution >= 4 is 45.5 Å². The number of hydrogen-bond donors (Lipinski definition) is 1. The summed E-state index contributed by atoms with van der Waals surface area (Å²) in [5.41, 5.74) is 0.611. The molecule has 0 aromatic carbocycles. The van der Waals surface area contributed by atoms with Gasteiger partial charge in [-0.1, -0.05) is 36.4 Å². The molecule has 0 aromatic heterocycles. The van der Waals surface area contributed by atoms with E-state index in [1.807, 2.05) is 0 Å². The molecule has 0 heterocycles. The van der Waals surface area contributed by atoms with Crippen molar-refractivity contribution < 1.29 is 0 Å². The van der Waals surface area contributed by atoms with Crippen LogP contribution < -0.4 is 3.53 Å². The number of halogens is 2. The van der Waals surface area contributed by atoms with Crippen molar-refractivity contribution in [1.82, 2.24) is 8.43 Å². The first kappa shape index (κ1) is 15.4. The largest absolute Gasteiger partial charge is 0.300 e. The lowest BCUT2D eigenvalue weighted by Gasteiger charge is -2.50. The highest BCUT2D eigenvalue weighted by molar-refractivity contribution is 14.1. The van der Waals surface area contributed by atoms with E-state index in [9.17, 15) is 0 Å². The van der Waals surface area contributed by atoms with Crippen LogP contribution >= 0.6 is 45.5 Å². The molecule has 0 bridgehead atoms. The predicted octanol–water partition coefficient (Wildman–Crippen LogP) is 3.63. The topological polar surface area (TPSA) is 15.3 Å². The van der Waals surface area contributed by atoms with Crippen LogP contribution in [0.2, 0.25) is 0 Å². The highest BCUT2D eigenvalue weighted by atomic mass is 127. The Morgan fingerprint density at radius 1 is 1.38 bits per heavy atom. The fraction of sp³-hybridized carbons (Fsp3) is 1.00. The van der Waals surface area contributed by atoms with Gasteiger partial charge in [-0.15, -0.1) is 0 Å².